The highest BCUT2D eigenvalue weighted by Crippen LogP contribution is 2.26. The molecule has 2 aromatic rings. The summed E-state index contributed by atoms with van der Waals surface area (Å²) in [6.07, 6.45) is 0. The molecule has 0 spiro atoms. The van der Waals surface area contributed by atoms with Crippen LogP contribution in [0.5, 0.6) is 0 Å². The average molecular weight is 410 g/mol. The van der Waals surface area contributed by atoms with Gasteiger partial charge in [-0.05, 0) is 54.3 Å². The van der Waals surface area contributed by atoms with Crippen molar-refractivity contribution in [2.75, 3.05) is 12.4 Å². The van der Waals surface area contributed by atoms with E-state index in [1.807, 2.05) is 24.3 Å². The van der Waals surface area contributed by atoms with Gasteiger partial charge >= 0.3 is 5.97 Å². The van der Waals surface area contributed by atoms with E-state index in [-0.39, 0.29) is 5.41 Å². The largest absolute Gasteiger partial charge is 0.480 e. The van der Waals surface area contributed by atoms with Gasteiger partial charge in [0.25, 0.3) is 5.91 Å². The zero-order valence-corrected chi connectivity index (χ0v) is 17.7. The molecule has 0 aliphatic carbocycles. The third kappa shape index (κ3) is 5.08. The van der Waals surface area contributed by atoms with Crippen LogP contribution in [0.2, 0.25) is 0 Å². The third-order valence-corrected chi connectivity index (χ3v) is 4.70. The molecule has 0 saturated heterocycles. The van der Waals surface area contributed by atoms with E-state index in [1.165, 1.54) is 12.6 Å². The standard InChI is InChI=1S/C22H26N4O4/c1-21(2,3)14-6-8-16(9-7-14)25-26-17-12-10-15(11-13-17)24-19(28)22(4,20(29)30)18(27)23-5/h6-13H,1-5H3,(H,23,27)(H,24,28)(H,29,30). The summed E-state index contributed by atoms with van der Waals surface area (Å²) < 4.78 is 0. The second-order valence-corrected chi connectivity index (χ2v) is 8.01. The van der Waals surface area contributed by atoms with Crippen LogP contribution >= 0.6 is 0 Å². The molecular formula is C22H26N4O4. The lowest BCUT2D eigenvalue weighted by Gasteiger charge is -2.21. The number of rotatable bonds is 6. The Morgan fingerprint density at radius 1 is 0.800 bits per heavy atom. The number of carbonyl (C=O) groups excluding carboxylic acids is 2. The van der Waals surface area contributed by atoms with E-state index in [4.69, 9.17) is 0 Å². The maximum Gasteiger partial charge on any atom is 0.328 e. The Balaban J connectivity index is 2.09. The van der Waals surface area contributed by atoms with E-state index in [0.29, 0.717) is 17.1 Å². The van der Waals surface area contributed by atoms with E-state index in [2.05, 4.69) is 41.6 Å². The van der Waals surface area contributed by atoms with Crippen LogP contribution < -0.4 is 10.6 Å². The van der Waals surface area contributed by atoms with Crippen LogP contribution in [0, 0.1) is 5.41 Å². The molecule has 2 aromatic carbocycles. The minimum absolute atomic E-state index is 0.0600. The molecule has 2 amide bonds. The van der Waals surface area contributed by atoms with Gasteiger partial charge in [-0.15, -0.1) is 0 Å². The maximum atomic E-state index is 12.4. The molecule has 0 aliphatic heterocycles. The normalized spacial score (nSPS) is 13.5. The topological polar surface area (TPSA) is 120 Å². The number of aliphatic carboxylic acids is 1. The van der Waals surface area contributed by atoms with Gasteiger partial charge in [0.15, 0.2) is 0 Å². The average Bonchev–Trinajstić information content (AvgIpc) is 2.71. The number of carbonyl (C=O) groups is 3. The smallest absolute Gasteiger partial charge is 0.328 e. The van der Waals surface area contributed by atoms with Crippen LogP contribution in [-0.4, -0.2) is 29.9 Å². The number of hydrogen-bond donors (Lipinski definition) is 3. The molecule has 1 unspecified atom stereocenters. The number of carboxylic acid groups (broad SMARTS) is 1. The van der Waals surface area contributed by atoms with Crippen molar-refractivity contribution >= 4 is 34.8 Å². The Morgan fingerprint density at radius 3 is 1.67 bits per heavy atom. The minimum Gasteiger partial charge on any atom is -0.480 e. The van der Waals surface area contributed by atoms with Gasteiger partial charge < -0.3 is 15.7 Å². The number of nitrogens with one attached hydrogen (secondary N) is 2. The van der Waals surface area contributed by atoms with Gasteiger partial charge in [-0.1, -0.05) is 32.9 Å². The first kappa shape index (κ1) is 22.7. The summed E-state index contributed by atoms with van der Waals surface area (Å²) in [6, 6.07) is 14.2. The summed E-state index contributed by atoms with van der Waals surface area (Å²) in [6.45, 7) is 7.46. The summed E-state index contributed by atoms with van der Waals surface area (Å²) in [4.78, 5) is 35.7. The molecule has 0 aromatic heterocycles. The predicted molar refractivity (Wildman–Crippen MR) is 114 cm³/mol. The zero-order valence-electron chi connectivity index (χ0n) is 17.7. The molecule has 1 atom stereocenters. The lowest BCUT2D eigenvalue weighted by molar-refractivity contribution is -0.158. The first-order chi connectivity index (χ1) is 14.0. The first-order valence-corrected chi connectivity index (χ1v) is 9.38. The lowest BCUT2D eigenvalue weighted by atomic mass is 9.87. The van der Waals surface area contributed by atoms with Gasteiger partial charge in [0.1, 0.15) is 0 Å². The number of carboxylic acids is 1. The summed E-state index contributed by atoms with van der Waals surface area (Å²) in [7, 11) is 1.27. The minimum atomic E-state index is -2.24. The zero-order chi connectivity index (χ0) is 22.5. The van der Waals surface area contributed by atoms with Crippen LogP contribution in [-0.2, 0) is 19.8 Å². The highest BCUT2D eigenvalue weighted by Gasteiger charge is 2.48. The number of amides is 2. The van der Waals surface area contributed by atoms with Crippen LogP contribution in [0.4, 0.5) is 17.1 Å². The van der Waals surface area contributed by atoms with Gasteiger partial charge in [0.2, 0.25) is 11.3 Å². The monoisotopic (exact) mass is 410 g/mol. The van der Waals surface area contributed by atoms with Crippen LogP contribution in [0.1, 0.15) is 33.3 Å². The van der Waals surface area contributed by atoms with E-state index < -0.39 is 23.2 Å². The van der Waals surface area contributed by atoms with Crippen molar-refractivity contribution in [1.29, 1.82) is 0 Å². The molecule has 158 valence electrons. The van der Waals surface area contributed by atoms with E-state index in [1.54, 1.807) is 24.3 Å². The van der Waals surface area contributed by atoms with Crippen LogP contribution in [0.15, 0.2) is 58.8 Å². The maximum absolute atomic E-state index is 12.4. The Hall–Kier alpha value is -3.55. The van der Waals surface area contributed by atoms with Gasteiger partial charge in [0, 0.05) is 12.7 Å². The van der Waals surface area contributed by atoms with Crippen molar-refractivity contribution < 1.29 is 19.5 Å². The molecule has 8 nitrogen and oxygen atoms in total. The third-order valence-electron chi connectivity index (χ3n) is 4.70. The van der Waals surface area contributed by atoms with Crippen molar-refractivity contribution in [2.24, 2.45) is 15.6 Å². The second-order valence-electron chi connectivity index (χ2n) is 8.01. The molecule has 0 radical (unpaired) electrons. The van der Waals surface area contributed by atoms with Crippen molar-refractivity contribution in [3.63, 3.8) is 0 Å². The molecule has 0 fully saturated rings. The van der Waals surface area contributed by atoms with Crippen molar-refractivity contribution in [2.45, 2.75) is 33.1 Å². The Kier molecular flexibility index (Phi) is 6.71. The van der Waals surface area contributed by atoms with E-state index in [9.17, 15) is 19.5 Å². The number of hydrogen-bond acceptors (Lipinski definition) is 5. The summed E-state index contributed by atoms with van der Waals surface area (Å²) in [5.41, 5.74) is 0.622. The molecule has 2 rings (SSSR count). The molecule has 0 saturated carbocycles. The van der Waals surface area contributed by atoms with Crippen molar-refractivity contribution in [3.05, 3.63) is 54.1 Å². The molecule has 8 heteroatoms. The van der Waals surface area contributed by atoms with Gasteiger partial charge in [-0.2, -0.15) is 10.2 Å². The highest BCUT2D eigenvalue weighted by molar-refractivity contribution is 6.23. The molecule has 0 bridgehead atoms. The van der Waals surface area contributed by atoms with Gasteiger partial charge in [0.05, 0.1) is 11.4 Å². The Morgan fingerprint density at radius 2 is 1.27 bits per heavy atom. The summed E-state index contributed by atoms with van der Waals surface area (Å²) in [5, 5.41) is 22.3. The SMILES string of the molecule is CNC(=O)C(C)(C(=O)O)C(=O)Nc1ccc(N=Nc2ccc(C(C)(C)C)cc2)cc1. The predicted octanol–water partition coefficient (Wildman–Crippen LogP) is 4.17. The van der Waals surface area contributed by atoms with E-state index in [0.717, 1.165) is 6.92 Å². The van der Waals surface area contributed by atoms with Crippen molar-refractivity contribution in [1.82, 2.24) is 5.32 Å². The summed E-state index contributed by atoms with van der Waals surface area (Å²) >= 11 is 0. The van der Waals surface area contributed by atoms with E-state index >= 15 is 0 Å². The van der Waals surface area contributed by atoms with Gasteiger partial charge in [-0.25, -0.2) is 0 Å². The highest BCUT2D eigenvalue weighted by atomic mass is 16.4. The Labute approximate surface area is 175 Å². The number of anilines is 1. The quantitative estimate of drug-likeness (QED) is 0.489. The van der Waals surface area contributed by atoms with Crippen LogP contribution in [0.3, 0.4) is 0 Å². The molecular weight excluding hydrogens is 384 g/mol. The van der Waals surface area contributed by atoms with Crippen molar-refractivity contribution in [3.8, 4) is 0 Å². The number of azo groups is 1. The Bertz CT molecular complexity index is 960. The fourth-order valence-corrected chi connectivity index (χ4v) is 2.56. The molecule has 0 heterocycles. The summed E-state index contributed by atoms with van der Waals surface area (Å²) in [5.74, 6) is -3.39. The fraction of sp³-hybridized carbons (Fsp3) is 0.318. The lowest BCUT2D eigenvalue weighted by Crippen LogP contribution is -2.51. The first-order valence-electron chi connectivity index (χ1n) is 9.38. The molecule has 0 aliphatic rings. The van der Waals surface area contributed by atoms with Crippen LogP contribution in [0.25, 0.3) is 0 Å². The molecule has 3 N–H and O–H groups in total. The molecule has 30 heavy (non-hydrogen) atoms. The fourth-order valence-electron chi connectivity index (χ4n) is 2.56. The second kappa shape index (κ2) is 8.86. The van der Waals surface area contributed by atoms with Gasteiger partial charge in [-0.3, -0.25) is 14.4 Å². The number of nitrogens with zero attached hydrogens (tertiary/aromatic N) is 2. The number of benzene rings is 2.